The number of para-hydroxylation sites is 2. The second-order valence-electron chi connectivity index (χ2n) is 14.0. The summed E-state index contributed by atoms with van der Waals surface area (Å²) in [4.78, 5) is 25.5. The number of fused-ring (bicyclic) bond motifs is 9. The molecule has 12 rings (SSSR count). The van der Waals surface area contributed by atoms with Gasteiger partial charge in [0.1, 0.15) is 28.0 Å². The van der Waals surface area contributed by atoms with E-state index in [0.29, 0.717) is 28.9 Å². The van der Waals surface area contributed by atoms with Crippen LogP contribution in [0.3, 0.4) is 0 Å². The van der Waals surface area contributed by atoms with E-state index < -0.39 is 0 Å². The van der Waals surface area contributed by atoms with Crippen molar-refractivity contribution in [2.24, 2.45) is 0 Å². The van der Waals surface area contributed by atoms with Crippen molar-refractivity contribution in [3.05, 3.63) is 164 Å². The third-order valence-electron chi connectivity index (χ3n) is 10.6. The molecule has 0 unspecified atom stereocenters. The highest BCUT2D eigenvalue weighted by molar-refractivity contribution is 7.26. The van der Waals surface area contributed by atoms with Crippen LogP contribution in [-0.2, 0) is 0 Å². The zero-order chi connectivity index (χ0) is 37.5. The highest BCUT2D eigenvalue weighted by atomic mass is 32.1. The van der Waals surface area contributed by atoms with E-state index in [1.54, 1.807) is 11.3 Å². The number of hydrogen-bond acceptors (Lipinski definition) is 8. The number of thiophene rings is 1. The Kier molecular flexibility index (Phi) is 6.96. The van der Waals surface area contributed by atoms with Gasteiger partial charge in [-0.2, -0.15) is 0 Å². The average molecular weight is 750 g/mol. The van der Waals surface area contributed by atoms with Gasteiger partial charge in [0.05, 0.1) is 0 Å². The number of furan rings is 2. The Hall–Kier alpha value is -7.55. The van der Waals surface area contributed by atoms with E-state index in [1.807, 2.05) is 91.0 Å². The molecule has 0 radical (unpaired) electrons. The van der Waals surface area contributed by atoms with Crippen LogP contribution in [0.2, 0.25) is 0 Å². The van der Waals surface area contributed by atoms with Crippen LogP contribution in [0.5, 0.6) is 0 Å². The third kappa shape index (κ3) is 5.15. The first kappa shape index (κ1) is 31.8. The number of rotatable bonds is 5. The minimum absolute atomic E-state index is 0.579. The third-order valence-corrected chi connectivity index (χ3v) is 11.8. The van der Waals surface area contributed by atoms with E-state index in [9.17, 15) is 0 Å². The second-order valence-corrected chi connectivity index (χ2v) is 15.1. The summed E-state index contributed by atoms with van der Waals surface area (Å²) in [5.41, 5.74) is 9.29. The molecule has 0 N–H and O–H groups in total. The van der Waals surface area contributed by atoms with Gasteiger partial charge in [-0.05, 0) is 42.5 Å². The van der Waals surface area contributed by atoms with Crippen LogP contribution in [0, 0.1) is 0 Å². The number of aromatic nitrogens is 5. The first-order valence-corrected chi connectivity index (χ1v) is 19.5. The van der Waals surface area contributed by atoms with Gasteiger partial charge in [-0.3, -0.25) is 0 Å². The highest BCUT2D eigenvalue weighted by Crippen LogP contribution is 2.42. The van der Waals surface area contributed by atoms with Gasteiger partial charge in [-0.15, -0.1) is 11.3 Å². The Morgan fingerprint density at radius 1 is 0.368 bits per heavy atom. The van der Waals surface area contributed by atoms with E-state index in [4.69, 9.17) is 33.8 Å². The molecule has 8 heteroatoms. The Bertz CT molecular complexity index is 3540. The van der Waals surface area contributed by atoms with Crippen LogP contribution in [0.1, 0.15) is 0 Å². The van der Waals surface area contributed by atoms with Crippen molar-refractivity contribution in [1.29, 1.82) is 0 Å². The topological polar surface area (TPSA) is 90.7 Å². The molecule has 5 heterocycles. The van der Waals surface area contributed by atoms with Crippen molar-refractivity contribution >= 4 is 75.5 Å². The lowest BCUT2D eigenvalue weighted by Crippen LogP contribution is -2.00. The van der Waals surface area contributed by atoms with Crippen LogP contribution in [0.4, 0.5) is 0 Å². The maximum absolute atomic E-state index is 6.35. The fraction of sp³-hybridized carbons (Fsp3) is 0. The smallest absolute Gasteiger partial charge is 0.180 e. The zero-order valence-electron chi connectivity index (χ0n) is 30.0. The summed E-state index contributed by atoms with van der Waals surface area (Å²) in [5, 5.41) is 5.38. The highest BCUT2D eigenvalue weighted by Gasteiger charge is 2.21. The Labute approximate surface area is 328 Å². The normalized spacial score (nSPS) is 11.9. The Morgan fingerprint density at radius 3 is 1.77 bits per heavy atom. The molecule has 266 valence electrons. The van der Waals surface area contributed by atoms with Crippen LogP contribution in [-0.4, -0.2) is 24.9 Å². The predicted octanol–water partition coefficient (Wildman–Crippen LogP) is 13.2. The summed E-state index contributed by atoms with van der Waals surface area (Å²) in [7, 11) is 0. The van der Waals surface area contributed by atoms with Crippen molar-refractivity contribution in [3.8, 4) is 56.8 Å². The molecule has 0 bridgehead atoms. The molecular weight excluding hydrogens is 723 g/mol. The molecule has 0 aliphatic carbocycles. The summed E-state index contributed by atoms with van der Waals surface area (Å²) in [6, 6.07) is 55.3. The molecule has 0 amide bonds. The molecule has 0 atom stereocenters. The van der Waals surface area contributed by atoms with E-state index in [1.165, 1.54) is 0 Å². The Morgan fingerprint density at radius 2 is 0.965 bits per heavy atom. The molecule has 7 aromatic carbocycles. The van der Waals surface area contributed by atoms with Crippen LogP contribution >= 0.6 is 11.3 Å². The largest absolute Gasteiger partial charge is 0.456 e. The van der Waals surface area contributed by atoms with Gasteiger partial charge in [0.15, 0.2) is 28.9 Å². The quantitative estimate of drug-likeness (QED) is 0.173. The van der Waals surface area contributed by atoms with Crippen LogP contribution in [0.25, 0.3) is 121 Å². The van der Waals surface area contributed by atoms with E-state index in [0.717, 1.165) is 92.1 Å². The van der Waals surface area contributed by atoms with Crippen molar-refractivity contribution in [3.63, 3.8) is 0 Å². The summed E-state index contributed by atoms with van der Waals surface area (Å²) in [6.45, 7) is 0. The van der Waals surface area contributed by atoms with Crippen molar-refractivity contribution < 1.29 is 8.83 Å². The second kappa shape index (κ2) is 12.5. The number of nitrogens with zero attached hydrogens (tertiary/aromatic N) is 5. The lowest BCUT2D eigenvalue weighted by Gasteiger charge is -2.09. The van der Waals surface area contributed by atoms with Crippen molar-refractivity contribution in [1.82, 2.24) is 24.9 Å². The molecule has 0 fully saturated rings. The summed E-state index contributed by atoms with van der Waals surface area (Å²) in [6.07, 6.45) is 0. The van der Waals surface area contributed by atoms with Gasteiger partial charge >= 0.3 is 0 Å². The number of hydrogen-bond donors (Lipinski definition) is 0. The maximum Gasteiger partial charge on any atom is 0.180 e. The van der Waals surface area contributed by atoms with Gasteiger partial charge in [0.25, 0.3) is 0 Å². The minimum Gasteiger partial charge on any atom is -0.456 e. The SMILES string of the molecule is c1ccc(-c2nc(-c3ccc4c(c3)oc3ccccc34)nc(-c3cccc4c3sc3cc(-c5nc(-c6ccccc6)c6oc7ccccc7c6n5)ccc34)n2)cc1. The first-order valence-electron chi connectivity index (χ1n) is 18.7. The first-order chi connectivity index (χ1) is 28.2. The summed E-state index contributed by atoms with van der Waals surface area (Å²) < 4.78 is 14.8. The molecule has 5 aromatic heterocycles. The van der Waals surface area contributed by atoms with Gasteiger partial charge in [0, 0.05) is 64.1 Å². The van der Waals surface area contributed by atoms with Gasteiger partial charge < -0.3 is 8.83 Å². The van der Waals surface area contributed by atoms with Gasteiger partial charge in [-0.1, -0.05) is 121 Å². The summed E-state index contributed by atoms with van der Waals surface area (Å²) in [5.74, 6) is 2.43. The molecule has 0 aliphatic rings. The fourth-order valence-corrected chi connectivity index (χ4v) is 9.08. The molecule has 12 aromatic rings. The van der Waals surface area contributed by atoms with Crippen LogP contribution < -0.4 is 0 Å². The molecule has 7 nitrogen and oxygen atoms in total. The van der Waals surface area contributed by atoms with Gasteiger partial charge in [0.2, 0.25) is 0 Å². The molecule has 57 heavy (non-hydrogen) atoms. The van der Waals surface area contributed by atoms with E-state index in [-0.39, 0.29) is 0 Å². The molecule has 0 aliphatic heterocycles. The molecule has 0 spiro atoms. The zero-order valence-corrected chi connectivity index (χ0v) is 30.9. The summed E-state index contributed by atoms with van der Waals surface area (Å²) >= 11 is 1.72. The molecule has 0 saturated carbocycles. The monoisotopic (exact) mass is 749 g/mol. The lowest BCUT2D eigenvalue weighted by molar-refractivity contribution is 0.667. The average Bonchev–Trinajstić information content (AvgIpc) is 3.97. The minimum atomic E-state index is 0.579. The standard InChI is InChI=1S/C49H27N5O2S/c1-3-12-28(13-4-1)42-44-43(36-17-8-10-21-39(36)56-44)51-47(50-42)31-23-25-34-35-18-11-19-37(45(35)57-41(34)27-31)49-53-46(29-14-5-2-6-15-29)52-48(54-49)30-22-24-33-32-16-7-9-20-38(32)55-40(33)26-30/h1-27H. The van der Waals surface area contributed by atoms with E-state index in [2.05, 4.69) is 72.8 Å². The number of benzene rings is 7. The maximum atomic E-state index is 6.35. The van der Waals surface area contributed by atoms with Crippen molar-refractivity contribution in [2.75, 3.05) is 0 Å². The van der Waals surface area contributed by atoms with Crippen molar-refractivity contribution in [2.45, 2.75) is 0 Å². The van der Waals surface area contributed by atoms with Gasteiger partial charge in [-0.25, -0.2) is 24.9 Å². The lowest BCUT2D eigenvalue weighted by atomic mass is 10.1. The molecule has 0 saturated heterocycles. The molecular formula is C49H27N5O2S. The van der Waals surface area contributed by atoms with Crippen LogP contribution in [0.15, 0.2) is 173 Å². The van der Waals surface area contributed by atoms with E-state index >= 15 is 0 Å². The Balaban J connectivity index is 1.02. The fourth-order valence-electron chi connectivity index (χ4n) is 7.83. The predicted molar refractivity (Wildman–Crippen MR) is 230 cm³/mol.